The number of methoxy groups -OCH3 is 1. The fourth-order valence-corrected chi connectivity index (χ4v) is 6.73. The summed E-state index contributed by atoms with van der Waals surface area (Å²) in [5.74, 6) is 0.0594. The number of ether oxygens (including phenoxy) is 1. The van der Waals surface area contributed by atoms with Gasteiger partial charge in [0.2, 0.25) is 21.8 Å². The Morgan fingerprint density at radius 1 is 0.977 bits per heavy atom. The van der Waals surface area contributed by atoms with E-state index in [1.165, 1.54) is 17.5 Å². The Morgan fingerprint density at radius 2 is 1.60 bits per heavy atom. The van der Waals surface area contributed by atoms with Crippen LogP contribution in [0.4, 0.5) is 5.69 Å². The van der Waals surface area contributed by atoms with E-state index in [0.29, 0.717) is 17.9 Å². The number of anilines is 1. The number of benzene rings is 3. The maximum absolute atomic E-state index is 14.0. The summed E-state index contributed by atoms with van der Waals surface area (Å²) in [4.78, 5) is 29.4. The lowest BCUT2D eigenvalue weighted by Gasteiger charge is -2.33. The van der Waals surface area contributed by atoms with Crippen LogP contribution in [0.3, 0.4) is 0 Å². The molecule has 0 bridgehead atoms. The first-order chi connectivity index (χ1) is 20.7. The third kappa shape index (κ3) is 9.21. The predicted molar refractivity (Wildman–Crippen MR) is 171 cm³/mol. The number of carbonyl (C=O) groups is 2. The van der Waals surface area contributed by atoms with Crippen LogP contribution in [0.5, 0.6) is 5.75 Å². The average Bonchev–Trinajstić information content (AvgIpc) is 3.50. The molecule has 1 atom stereocenters. The Kier molecular flexibility index (Phi) is 11.5. The molecule has 0 heterocycles. The van der Waals surface area contributed by atoms with E-state index in [1.807, 2.05) is 60.7 Å². The van der Waals surface area contributed by atoms with Crippen LogP contribution in [0.15, 0.2) is 78.9 Å². The van der Waals surface area contributed by atoms with Gasteiger partial charge in [-0.3, -0.25) is 13.9 Å². The summed E-state index contributed by atoms with van der Waals surface area (Å²) in [6.07, 6.45) is 5.85. The number of hydrogen-bond acceptors (Lipinski definition) is 5. The molecule has 3 aromatic rings. The molecule has 0 spiro atoms. The smallest absolute Gasteiger partial charge is 0.243 e. The lowest BCUT2D eigenvalue weighted by atomic mass is 10.0. The highest BCUT2D eigenvalue weighted by Gasteiger charge is 2.32. The number of rotatable bonds is 14. The molecule has 4 rings (SSSR count). The first kappa shape index (κ1) is 32.4. The van der Waals surface area contributed by atoms with Gasteiger partial charge in [0, 0.05) is 32.0 Å². The van der Waals surface area contributed by atoms with Crippen molar-refractivity contribution in [1.29, 1.82) is 0 Å². The quantitative estimate of drug-likeness (QED) is 0.252. The van der Waals surface area contributed by atoms with Gasteiger partial charge in [-0.05, 0) is 48.6 Å². The topological polar surface area (TPSA) is 96.0 Å². The van der Waals surface area contributed by atoms with Gasteiger partial charge >= 0.3 is 0 Å². The van der Waals surface area contributed by atoms with Gasteiger partial charge in [0.15, 0.2) is 0 Å². The van der Waals surface area contributed by atoms with E-state index >= 15 is 0 Å². The minimum atomic E-state index is -3.66. The summed E-state index contributed by atoms with van der Waals surface area (Å²) in [5.41, 5.74) is 2.26. The molecule has 10 heteroatoms. The normalized spacial score (nSPS) is 14.2. The Balaban J connectivity index is 1.57. The van der Waals surface area contributed by atoms with Crippen LogP contribution in [-0.4, -0.2) is 57.1 Å². The Morgan fingerprint density at radius 3 is 2.19 bits per heavy atom. The van der Waals surface area contributed by atoms with E-state index in [2.05, 4.69) is 5.32 Å². The zero-order chi connectivity index (χ0) is 30.8. The van der Waals surface area contributed by atoms with Crippen LogP contribution in [0, 0.1) is 0 Å². The van der Waals surface area contributed by atoms with Crippen molar-refractivity contribution in [2.24, 2.45) is 0 Å². The molecule has 0 unspecified atom stereocenters. The number of sulfonamides is 1. The zero-order valence-corrected chi connectivity index (χ0v) is 26.3. The van der Waals surface area contributed by atoms with E-state index in [-0.39, 0.29) is 48.8 Å². The second-order valence-electron chi connectivity index (χ2n) is 11.0. The fraction of sp³-hybridized carbons (Fsp3) is 0.394. The van der Waals surface area contributed by atoms with Gasteiger partial charge in [0.1, 0.15) is 11.8 Å². The lowest BCUT2D eigenvalue weighted by molar-refractivity contribution is -0.141. The molecule has 3 aromatic carbocycles. The molecule has 1 N–H and O–H groups in total. The minimum absolute atomic E-state index is 0.0603. The van der Waals surface area contributed by atoms with Crippen molar-refractivity contribution >= 4 is 39.1 Å². The van der Waals surface area contributed by atoms with Crippen molar-refractivity contribution in [3.05, 3.63) is 95.0 Å². The molecule has 43 heavy (non-hydrogen) atoms. The molecule has 0 aromatic heterocycles. The second-order valence-corrected chi connectivity index (χ2v) is 13.3. The maximum atomic E-state index is 14.0. The van der Waals surface area contributed by atoms with E-state index in [0.717, 1.165) is 43.1 Å². The summed E-state index contributed by atoms with van der Waals surface area (Å²) in [7, 11) is -2.17. The number of nitrogens with one attached hydrogen (secondary N) is 1. The van der Waals surface area contributed by atoms with Crippen LogP contribution in [-0.2, 0) is 32.6 Å². The summed E-state index contributed by atoms with van der Waals surface area (Å²) < 4.78 is 31.9. The molecule has 2 amide bonds. The van der Waals surface area contributed by atoms with Crippen LogP contribution < -0.4 is 14.4 Å². The highest BCUT2D eigenvalue weighted by Crippen LogP contribution is 2.30. The minimum Gasteiger partial charge on any atom is -0.495 e. The summed E-state index contributed by atoms with van der Waals surface area (Å²) in [5, 5.41) is 3.50. The number of hydrogen-bond donors (Lipinski definition) is 1. The zero-order valence-electron chi connectivity index (χ0n) is 24.7. The molecule has 230 valence electrons. The third-order valence-electron chi connectivity index (χ3n) is 7.74. The van der Waals surface area contributed by atoms with Gasteiger partial charge in [0.05, 0.1) is 24.1 Å². The van der Waals surface area contributed by atoms with Crippen molar-refractivity contribution in [3.8, 4) is 5.75 Å². The van der Waals surface area contributed by atoms with Crippen molar-refractivity contribution in [2.45, 2.75) is 63.6 Å². The van der Waals surface area contributed by atoms with E-state index < -0.39 is 16.1 Å². The van der Waals surface area contributed by atoms with Gasteiger partial charge in [-0.2, -0.15) is 0 Å². The second kappa shape index (κ2) is 15.3. The molecule has 1 fully saturated rings. The Bertz CT molecular complexity index is 1460. The molecule has 1 aliphatic rings. The molecule has 0 saturated heterocycles. The first-order valence-corrected chi connectivity index (χ1v) is 16.9. The standard InChI is InChI=1S/C33H40ClN3O5S/c1-42-31-20-19-28(23-29(31)34)37(43(2,40)41)21-11-18-32(38)36(24-26-14-7-4-8-15-26)30(22-25-12-5-3-6-13-25)33(39)35-27-16-9-10-17-27/h3-8,12-15,19-20,23,27,30H,9-11,16-18,21-22,24H2,1-2H3,(H,35,39)/t30-/m1/s1. The lowest BCUT2D eigenvalue weighted by Crippen LogP contribution is -2.52. The number of amides is 2. The van der Waals surface area contributed by atoms with Crippen LogP contribution in [0.25, 0.3) is 0 Å². The maximum Gasteiger partial charge on any atom is 0.243 e. The van der Waals surface area contributed by atoms with Crippen molar-refractivity contribution in [3.63, 3.8) is 0 Å². The largest absolute Gasteiger partial charge is 0.495 e. The molecular weight excluding hydrogens is 586 g/mol. The molecule has 8 nitrogen and oxygen atoms in total. The van der Waals surface area contributed by atoms with E-state index in [4.69, 9.17) is 16.3 Å². The molecular formula is C33H40ClN3O5S. The molecule has 1 saturated carbocycles. The number of nitrogens with zero attached hydrogens (tertiary/aromatic N) is 2. The number of carbonyl (C=O) groups excluding carboxylic acids is 2. The fourth-order valence-electron chi connectivity index (χ4n) is 5.52. The predicted octanol–water partition coefficient (Wildman–Crippen LogP) is 5.59. The Hall–Kier alpha value is -3.56. The van der Waals surface area contributed by atoms with Crippen molar-refractivity contribution in [2.75, 3.05) is 24.2 Å². The van der Waals surface area contributed by atoms with Gasteiger partial charge < -0.3 is 15.0 Å². The Labute approximate surface area is 260 Å². The van der Waals surface area contributed by atoms with Crippen molar-refractivity contribution < 1.29 is 22.7 Å². The van der Waals surface area contributed by atoms with Crippen LogP contribution >= 0.6 is 11.6 Å². The van der Waals surface area contributed by atoms with Gasteiger partial charge in [-0.1, -0.05) is 85.1 Å². The SMILES string of the molecule is COc1ccc(N(CCCC(=O)N(Cc2ccccc2)[C@H](Cc2ccccc2)C(=O)NC2CCCC2)S(C)(=O)=O)cc1Cl. The van der Waals surface area contributed by atoms with Crippen LogP contribution in [0.1, 0.15) is 49.7 Å². The van der Waals surface area contributed by atoms with E-state index in [1.54, 1.807) is 17.0 Å². The first-order valence-electron chi connectivity index (χ1n) is 14.6. The summed E-state index contributed by atoms with van der Waals surface area (Å²) in [6, 6.07) is 23.5. The average molecular weight is 626 g/mol. The van der Waals surface area contributed by atoms with Crippen LogP contribution in [0.2, 0.25) is 5.02 Å². The van der Waals surface area contributed by atoms with Gasteiger partial charge in [-0.25, -0.2) is 8.42 Å². The number of halogens is 1. The van der Waals surface area contributed by atoms with Crippen molar-refractivity contribution in [1.82, 2.24) is 10.2 Å². The third-order valence-corrected chi connectivity index (χ3v) is 9.23. The van der Waals surface area contributed by atoms with E-state index in [9.17, 15) is 18.0 Å². The molecule has 0 radical (unpaired) electrons. The van der Waals surface area contributed by atoms with Gasteiger partial charge in [0.25, 0.3) is 0 Å². The highest BCUT2D eigenvalue weighted by atomic mass is 35.5. The molecule has 0 aliphatic heterocycles. The molecule has 1 aliphatic carbocycles. The monoisotopic (exact) mass is 625 g/mol. The highest BCUT2D eigenvalue weighted by molar-refractivity contribution is 7.92. The summed E-state index contributed by atoms with van der Waals surface area (Å²) >= 11 is 6.27. The summed E-state index contributed by atoms with van der Waals surface area (Å²) in [6.45, 7) is 0.336. The van der Waals surface area contributed by atoms with Gasteiger partial charge in [-0.15, -0.1) is 0 Å².